The lowest BCUT2D eigenvalue weighted by Gasteiger charge is -2.22. The third kappa shape index (κ3) is 2.75. The largest absolute Gasteiger partial charge is 0.340 e. The Labute approximate surface area is 136 Å². The minimum Gasteiger partial charge on any atom is -0.340 e. The topological polar surface area (TPSA) is 97.6 Å². The SMILES string of the molecule is Cc1[nH]c(=O)[nH]c1C(=O)N(C)C(C)c1nc2ccc(Cl)cc2[nH]1. The van der Waals surface area contributed by atoms with Crippen LogP contribution in [-0.4, -0.2) is 37.8 Å². The summed E-state index contributed by atoms with van der Waals surface area (Å²) < 4.78 is 0. The first-order valence-electron chi connectivity index (χ1n) is 7.08. The number of amides is 1. The summed E-state index contributed by atoms with van der Waals surface area (Å²) in [7, 11) is 1.66. The van der Waals surface area contributed by atoms with Gasteiger partial charge in [0, 0.05) is 17.8 Å². The van der Waals surface area contributed by atoms with Crippen LogP contribution in [0.5, 0.6) is 0 Å². The standard InChI is InChI=1S/C15H16ClN5O2/c1-7-12(20-15(23)17-7)14(22)21(3)8(2)13-18-10-5-4-9(16)6-11(10)19-13/h4-6,8H,1-3H3,(H,18,19)(H2,17,20,23). The summed E-state index contributed by atoms with van der Waals surface area (Å²) in [5.74, 6) is 0.362. The van der Waals surface area contributed by atoms with Crippen LogP contribution in [-0.2, 0) is 0 Å². The number of halogens is 1. The third-order valence-corrected chi connectivity index (χ3v) is 4.12. The molecule has 1 unspecified atom stereocenters. The van der Waals surface area contributed by atoms with E-state index in [1.807, 2.05) is 13.0 Å². The Bertz CT molecular complexity index is 939. The second-order valence-electron chi connectivity index (χ2n) is 5.45. The zero-order valence-electron chi connectivity index (χ0n) is 12.9. The monoisotopic (exact) mass is 333 g/mol. The highest BCUT2D eigenvalue weighted by Gasteiger charge is 2.24. The van der Waals surface area contributed by atoms with Crippen LogP contribution in [0.3, 0.4) is 0 Å². The summed E-state index contributed by atoms with van der Waals surface area (Å²) in [6.45, 7) is 3.53. The molecule has 2 heterocycles. The molecule has 8 heteroatoms. The molecule has 0 aliphatic carbocycles. The Hall–Kier alpha value is -2.54. The summed E-state index contributed by atoms with van der Waals surface area (Å²) in [6, 6.07) is 5.07. The van der Waals surface area contributed by atoms with E-state index in [-0.39, 0.29) is 17.6 Å². The molecule has 23 heavy (non-hydrogen) atoms. The first-order valence-corrected chi connectivity index (χ1v) is 7.46. The van der Waals surface area contributed by atoms with Gasteiger partial charge in [-0.15, -0.1) is 0 Å². The van der Waals surface area contributed by atoms with Crippen molar-refractivity contribution in [1.82, 2.24) is 24.8 Å². The molecule has 0 radical (unpaired) electrons. The maximum Gasteiger partial charge on any atom is 0.323 e. The van der Waals surface area contributed by atoms with Gasteiger partial charge in [0.25, 0.3) is 5.91 Å². The number of hydrogen-bond donors (Lipinski definition) is 3. The number of hydrogen-bond acceptors (Lipinski definition) is 3. The number of nitrogens with one attached hydrogen (secondary N) is 3. The van der Waals surface area contributed by atoms with Crippen molar-refractivity contribution in [3.05, 3.63) is 50.9 Å². The lowest BCUT2D eigenvalue weighted by Crippen LogP contribution is -2.31. The second-order valence-corrected chi connectivity index (χ2v) is 5.89. The maximum atomic E-state index is 12.5. The van der Waals surface area contributed by atoms with E-state index in [2.05, 4.69) is 19.9 Å². The maximum absolute atomic E-state index is 12.5. The number of benzene rings is 1. The van der Waals surface area contributed by atoms with Gasteiger partial charge < -0.3 is 19.9 Å². The highest BCUT2D eigenvalue weighted by Crippen LogP contribution is 2.23. The fourth-order valence-electron chi connectivity index (χ4n) is 2.42. The van der Waals surface area contributed by atoms with Crippen molar-refractivity contribution in [3.63, 3.8) is 0 Å². The Balaban J connectivity index is 1.91. The first kappa shape index (κ1) is 15.4. The predicted molar refractivity (Wildman–Crippen MR) is 87.8 cm³/mol. The van der Waals surface area contributed by atoms with Crippen molar-refractivity contribution in [3.8, 4) is 0 Å². The van der Waals surface area contributed by atoms with Crippen molar-refractivity contribution in [2.24, 2.45) is 0 Å². The number of nitrogens with zero attached hydrogens (tertiary/aromatic N) is 2. The van der Waals surface area contributed by atoms with Gasteiger partial charge in [-0.2, -0.15) is 0 Å². The van der Waals surface area contributed by atoms with E-state index >= 15 is 0 Å². The van der Waals surface area contributed by atoms with Crippen LogP contribution in [0, 0.1) is 6.92 Å². The molecule has 0 spiro atoms. The van der Waals surface area contributed by atoms with Crippen molar-refractivity contribution >= 4 is 28.5 Å². The molecule has 0 aliphatic heterocycles. The Morgan fingerprint density at radius 1 is 1.30 bits per heavy atom. The van der Waals surface area contributed by atoms with E-state index in [9.17, 15) is 9.59 Å². The van der Waals surface area contributed by atoms with Crippen LogP contribution in [0.25, 0.3) is 11.0 Å². The number of rotatable bonds is 3. The van der Waals surface area contributed by atoms with Gasteiger partial charge in [-0.1, -0.05) is 11.6 Å². The Kier molecular flexibility index (Phi) is 3.73. The van der Waals surface area contributed by atoms with E-state index in [0.717, 1.165) is 11.0 Å². The fourth-order valence-corrected chi connectivity index (χ4v) is 2.59. The van der Waals surface area contributed by atoms with Crippen molar-refractivity contribution < 1.29 is 4.79 Å². The highest BCUT2D eigenvalue weighted by molar-refractivity contribution is 6.31. The molecule has 1 amide bonds. The lowest BCUT2D eigenvalue weighted by atomic mass is 10.2. The number of carbonyl (C=O) groups is 1. The Morgan fingerprint density at radius 2 is 2.04 bits per heavy atom. The molecule has 1 aromatic carbocycles. The molecule has 0 fully saturated rings. The molecule has 3 rings (SSSR count). The number of imidazole rings is 2. The van der Waals surface area contributed by atoms with E-state index in [0.29, 0.717) is 16.5 Å². The van der Waals surface area contributed by atoms with Crippen LogP contribution in [0.1, 0.15) is 35.0 Å². The summed E-state index contributed by atoms with van der Waals surface area (Å²) in [4.78, 5) is 38.1. The van der Waals surface area contributed by atoms with E-state index in [1.165, 1.54) is 4.90 Å². The zero-order chi connectivity index (χ0) is 16.7. The summed E-state index contributed by atoms with van der Waals surface area (Å²) in [5, 5.41) is 0.616. The molecule has 0 saturated carbocycles. The molecule has 3 aromatic rings. The molecule has 0 bridgehead atoms. The molecule has 0 aliphatic rings. The van der Waals surface area contributed by atoms with E-state index < -0.39 is 5.69 Å². The smallest absolute Gasteiger partial charge is 0.323 e. The number of aryl methyl sites for hydroxylation is 1. The highest BCUT2D eigenvalue weighted by atomic mass is 35.5. The second kappa shape index (κ2) is 5.58. The van der Waals surface area contributed by atoms with E-state index in [1.54, 1.807) is 26.1 Å². The molecule has 2 aromatic heterocycles. The van der Waals surface area contributed by atoms with Crippen molar-refractivity contribution in [2.45, 2.75) is 19.9 Å². The lowest BCUT2D eigenvalue weighted by molar-refractivity contribution is 0.0731. The minimum absolute atomic E-state index is 0.253. The number of H-pyrrole nitrogens is 3. The van der Waals surface area contributed by atoms with Crippen LogP contribution >= 0.6 is 11.6 Å². The van der Waals surface area contributed by atoms with Crippen LogP contribution in [0.15, 0.2) is 23.0 Å². The minimum atomic E-state index is -0.398. The van der Waals surface area contributed by atoms with Crippen LogP contribution < -0.4 is 5.69 Å². The van der Waals surface area contributed by atoms with Gasteiger partial charge >= 0.3 is 5.69 Å². The average Bonchev–Trinajstić information content (AvgIpc) is 3.07. The summed E-state index contributed by atoms with van der Waals surface area (Å²) in [5.41, 5.74) is 1.96. The Morgan fingerprint density at radius 3 is 2.70 bits per heavy atom. The number of fused-ring (bicyclic) bond motifs is 1. The molecular formula is C15H16ClN5O2. The van der Waals surface area contributed by atoms with Gasteiger partial charge in [0.1, 0.15) is 11.5 Å². The third-order valence-electron chi connectivity index (χ3n) is 3.89. The summed E-state index contributed by atoms with van der Waals surface area (Å²) >= 11 is 5.97. The normalized spacial score (nSPS) is 12.5. The van der Waals surface area contributed by atoms with Gasteiger partial charge in [-0.3, -0.25) is 4.79 Å². The van der Waals surface area contributed by atoms with Gasteiger partial charge in [-0.25, -0.2) is 9.78 Å². The van der Waals surface area contributed by atoms with Crippen molar-refractivity contribution in [2.75, 3.05) is 7.05 Å². The molecule has 7 nitrogen and oxygen atoms in total. The van der Waals surface area contributed by atoms with Gasteiger partial charge in [0.15, 0.2) is 0 Å². The quantitative estimate of drug-likeness (QED) is 0.686. The van der Waals surface area contributed by atoms with Crippen molar-refractivity contribution in [1.29, 1.82) is 0 Å². The molecular weight excluding hydrogens is 318 g/mol. The number of carbonyl (C=O) groups excluding carboxylic acids is 1. The van der Waals surface area contributed by atoms with Gasteiger partial charge in [0.05, 0.1) is 17.1 Å². The van der Waals surface area contributed by atoms with Crippen LogP contribution in [0.4, 0.5) is 0 Å². The molecule has 0 saturated heterocycles. The predicted octanol–water partition coefficient (Wildman–Crippen LogP) is 2.37. The number of aromatic amines is 3. The molecule has 3 N–H and O–H groups in total. The zero-order valence-corrected chi connectivity index (χ0v) is 13.7. The van der Waals surface area contributed by atoms with E-state index in [4.69, 9.17) is 11.6 Å². The molecule has 120 valence electrons. The number of aromatic nitrogens is 4. The van der Waals surface area contributed by atoms with Gasteiger partial charge in [0.2, 0.25) is 0 Å². The average molecular weight is 334 g/mol. The fraction of sp³-hybridized carbons (Fsp3) is 0.267. The first-order chi connectivity index (χ1) is 10.9. The van der Waals surface area contributed by atoms with Crippen LogP contribution in [0.2, 0.25) is 5.02 Å². The summed E-state index contributed by atoms with van der Waals surface area (Å²) in [6.07, 6.45) is 0. The molecule has 1 atom stereocenters. The van der Waals surface area contributed by atoms with Gasteiger partial charge in [-0.05, 0) is 32.0 Å².